The van der Waals surface area contributed by atoms with Crippen LogP contribution < -0.4 is 4.31 Å². The van der Waals surface area contributed by atoms with Crippen molar-refractivity contribution in [2.75, 3.05) is 4.31 Å². The lowest BCUT2D eigenvalue weighted by molar-refractivity contribution is -0.387. The first kappa shape index (κ1) is 19.6. The number of halogens is 2. The molecule has 1 atom stereocenters. The number of hydrogen-bond acceptors (Lipinski definition) is 5. The van der Waals surface area contributed by atoms with Gasteiger partial charge in [-0.3, -0.25) is 19.2 Å². The average Bonchev–Trinajstić information content (AvgIpc) is 2.56. The number of nitro benzene ring substituents is 1. The van der Waals surface area contributed by atoms with E-state index in [0.717, 1.165) is 16.4 Å². The first-order valence-electron chi connectivity index (χ1n) is 6.89. The van der Waals surface area contributed by atoms with Crippen LogP contribution in [-0.4, -0.2) is 24.6 Å². The molecule has 2 rings (SSSR count). The Bertz CT molecular complexity index is 935. The zero-order valence-corrected chi connectivity index (χ0v) is 16.5. The van der Waals surface area contributed by atoms with E-state index in [1.54, 1.807) is 18.2 Å². The second-order valence-corrected chi connectivity index (χ2v) is 8.28. The molecule has 0 aliphatic heterocycles. The van der Waals surface area contributed by atoms with E-state index in [4.69, 9.17) is 11.6 Å². The summed E-state index contributed by atoms with van der Waals surface area (Å²) in [6.45, 7) is 1.32. The predicted octanol–water partition coefficient (Wildman–Crippen LogP) is 3.55. The Labute approximate surface area is 162 Å². The minimum absolute atomic E-state index is 0.211. The number of benzene rings is 2. The fraction of sp³-hybridized carbons (Fsp3) is 0.133. The minimum Gasteiger partial charge on any atom is -0.279 e. The van der Waals surface area contributed by atoms with Crippen LogP contribution >= 0.6 is 34.2 Å². The van der Waals surface area contributed by atoms with Gasteiger partial charge in [0, 0.05) is 9.64 Å². The van der Waals surface area contributed by atoms with Crippen LogP contribution in [-0.2, 0) is 14.8 Å². The van der Waals surface area contributed by atoms with E-state index < -0.39 is 36.8 Å². The Balaban J connectivity index is 2.76. The molecule has 0 aliphatic rings. The number of anilines is 1. The van der Waals surface area contributed by atoms with Crippen molar-refractivity contribution >= 4 is 60.8 Å². The highest BCUT2D eigenvalue weighted by molar-refractivity contribution is 14.1. The third kappa shape index (κ3) is 3.93. The molecule has 132 valence electrons. The lowest BCUT2D eigenvalue weighted by Crippen LogP contribution is -2.42. The highest BCUT2D eigenvalue weighted by Crippen LogP contribution is 2.34. The second-order valence-electron chi connectivity index (χ2n) is 4.96. The fourth-order valence-corrected chi connectivity index (χ4v) is 4.97. The van der Waals surface area contributed by atoms with Gasteiger partial charge in [-0.2, -0.15) is 0 Å². The van der Waals surface area contributed by atoms with Crippen molar-refractivity contribution < 1.29 is 18.1 Å². The van der Waals surface area contributed by atoms with Crippen LogP contribution in [0.3, 0.4) is 0 Å². The van der Waals surface area contributed by atoms with Crippen molar-refractivity contribution in [2.24, 2.45) is 0 Å². The molecule has 0 aromatic heterocycles. The number of nitro groups is 1. The summed E-state index contributed by atoms with van der Waals surface area (Å²) in [7, 11) is -4.41. The van der Waals surface area contributed by atoms with Gasteiger partial charge in [0.15, 0.2) is 4.90 Å². The number of sulfonamides is 1. The van der Waals surface area contributed by atoms with Crippen molar-refractivity contribution in [2.45, 2.75) is 17.9 Å². The summed E-state index contributed by atoms with van der Waals surface area (Å²) in [6, 6.07) is 10.2. The quantitative estimate of drug-likeness (QED) is 0.265. The third-order valence-corrected chi connectivity index (χ3v) is 6.53. The van der Waals surface area contributed by atoms with Crippen LogP contribution in [0.25, 0.3) is 0 Å². The lowest BCUT2D eigenvalue weighted by atomic mass is 10.3. The molecular formula is C15H12ClIN2O5S. The van der Waals surface area contributed by atoms with Gasteiger partial charge in [0.2, 0.25) is 5.24 Å². The zero-order valence-electron chi connectivity index (χ0n) is 12.8. The lowest BCUT2D eigenvalue weighted by Gasteiger charge is -2.29. The third-order valence-electron chi connectivity index (χ3n) is 3.37. The zero-order chi connectivity index (χ0) is 18.8. The van der Waals surface area contributed by atoms with Crippen molar-refractivity contribution in [1.29, 1.82) is 0 Å². The van der Waals surface area contributed by atoms with Crippen LogP contribution in [0.5, 0.6) is 0 Å². The molecule has 0 aliphatic carbocycles. The van der Waals surface area contributed by atoms with E-state index >= 15 is 0 Å². The van der Waals surface area contributed by atoms with Crippen LogP contribution in [0.15, 0.2) is 53.4 Å². The molecule has 25 heavy (non-hydrogen) atoms. The molecule has 0 radical (unpaired) electrons. The van der Waals surface area contributed by atoms with E-state index in [-0.39, 0.29) is 5.69 Å². The van der Waals surface area contributed by atoms with Crippen LogP contribution in [0.4, 0.5) is 11.4 Å². The molecule has 2 aromatic rings. The van der Waals surface area contributed by atoms with Gasteiger partial charge in [0.05, 0.1) is 10.6 Å². The predicted molar refractivity (Wildman–Crippen MR) is 102 cm³/mol. The van der Waals surface area contributed by atoms with Gasteiger partial charge in [0.25, 0.3) is 15.7 Å². The van der Waals surface area contributed by atoms with E-state index in [9.17, 15) is 23.3 Å². The molecule has 7 nitrogen and oxygen atoms in total. The van der Waals surface area contributed by atoms with E-state index in [0.29, 0.717) is 3.57 Å². The number of carbonyl (C=O) groups excluding carboxylic acids is 1. The average molecular weight is 495 g/mol. The maximum Gasteiger partial charge on any atom is 0.289 e. The van der Waals surface area contributed by atoms with Crippen molar-refractivity contribution in [3.63, 3.8) is 0 Å². The number of rotatable bonds is 6. The molecule has 10 heteroatoms. The SMILES string of the molecule is CC(C(=O)Cl)N(c1ccccc1I)S(=O)(=O)c1ccccc1[N+](=O)[O-]. The molecule has 0 heterocycles. The van der Waals surface area contributed by atoms with Gasteiger partial charge in [-0.05, 0) is 59.3 Å². The van der Waals surface area contributed by atoms with E-state index in [1.165, 1.54) is 25.1 Å². The van der Waals surface area contributed by atoms with Gasteiger partial charge in [0.1, 0.15) is 6.04 Å². The van der Waals surface area contributed by atoms with Gasteiger partial charge < -0.3 is 0 Å². The molecule has 1 unspecified atom stereocenters. The van der Waals surface area contributed by atoms with Gasteiger partial charge in [-0.25, -0.2) is 8.42 Å². The Morgan fingerprint density at radius 1 is 1.20 bits per heavy atom. The summed E-state index contributed by atoms with van der Waals surface area (Å²) >= 11 is 7.46. The fourth-order valence-electron chi connectivity index (χ4n) is 2.20. The molecule has 0 amide bonds. The van der Waals surface area contributed by atoms with Gasteiger partial charge in [-0.15, -0.1) is 0 Å². The molecule has 0 N–H and O–H groups in total. The highest BCUT2D eigenvalue weighted by Gasteiger charge is 2.37. The first-order chi connectivity index (χ1) is 11.7. The van der Waals surface area contributed by atoms with Crippen molar-refractivity contribution in [3.05, 3.63) is 62.2 Å². The first-order valence-corrected chi connectivity index (χ1v) is 9.79. The van der Waals surface area contributed by atoms with Crippen LogP contribution in [0.2, 0.25) is 0 Å². The Hall–Kier alpha value is -1.72. The summed E-state index contributed by atoms with van der Waals surface area (Å²) in [5, 5.41) is 10.3. The maximum atomic E-state index is 13.2. The van der Waals surface area contributed by atoms with Crippen LogP contribution in [0, 0.1) is 13.7 Å². The largest absolute Gasteiger partial charge is 0.289 e. The van der Waals surface area contributed by atoms with Crippen molar-refractivity contribution in [1.82, 2.24) is 0 Å². The Morgan fingerprint density at radius 2 is 1.76 bits per heavy atom. The molecular weight excluding hydrogens is 483 g/mol. The summed E-state index contributed by atoms with van der Waals surface area (Å²) in [4.78, 5) is 21.6. The minimum atomic E-state index is -4.41. The molecule has 0 saturated heterocycles. The molecule has 0 fully saturated rings. The number of para-hydroxylation sites is 2. The monoisotopic (exact) mass is 494 g/mol. The molecule has 2 aromatic carbocycles. The van der Waals surface area contributed by atoms with E-state index in [2.05, 4.69) is 0 Å². The maximum absolute atomic E-state index is 13.2. The van der Waals surface area contributed by atoms with Gasteiger partial charge in [-0.1, -0.05) is 24.3 Å². The summed E-state index contributed by atoms with van der Waals surface area (Å²) in [6.07, 6.45) is 0. The van der Waals surface area contributed by atoms with Crippen LogP contribution in [0.1, 0.15) is 6.92 Å². The summed E-state index contributed by atoms with van der Waals surface area (Å²) in [5.74, 6) is 0. The highest BCUT2D eigenvalue weighted by atomic mass is 127. The standard InChI is InChI=1S/C15H12ClIN2O5S/c1-10(15(16)20)18(12-7-3-2-6-11(12)17)25(23,24)14-9-5-4-8-13(14)19(21)22/h2-10H,1H3. The van der Waals surface area contributed by atoms with Crippen molar-refractivity contribution in [3.8, 4) is 0 Å². The molecule has 0 saturated carbocycles. The number of hydrogen-bond donors (Lipinski definition) is 0. The number of nitrogens with zero attached hydrogens (tertiary/aromatic N) is 2. The summed E-state index contributed by atoms with van der Waals surface area (Å²) < 4.78 is 27.7. The topological polar surface area (TPSA) is 97.6 Å². The normalized spacial score (nSPS) is 12.4. The Morgan fingerprint density at radius 3 is 2.32 bits per heavy atom. The molecule has 0 spiro atoms. The second kappa shape index (κ2) is 7.67. The van der Waals surface area contributed by atoms with Gasteiger partial charge >= 0.3 is 0 Å². The number of carbonyl (C=O) groups is 1. The summed E-state index contributed by atoms with van der Waals surface area (Å²) in [5.41, 5.74) is -0.365. The Kier molecular flexibility index (Phi) is 6.01. The molecule has 0 bridgehead atoms. The van der Waals surface area contributed by atoms with E-state index in [1.807, 2.05) is 22.6 Å². The smallest absolute Gasteiger partial charge is 0.279 e.